The number of nitrogens with one attached hydrogen (secondary N) is 2. The zero-order valence-corrected chi connectivity index (χ0v) is 16.3. The van der Waals surface area contributed by atoms with Crippen LogP contribution in [0.4, 0.5) is 10.1 Å². The number of anilines is 1. The van der Waals surface area contributed by atoms with Crippen molar-refractivity contribution in [1.29, 1.82) is 0 Å². The number of halogens is 1. The van der Waals surface area contributed by atoms with Crippen LogP contribution in [0.2, 0.25) is 0 Å². The monoisotopic (exact) mass is 396 g/mol. The van der Waals surface area contributed by atoms with E-state index in [0.29, 0.717) is 11.5 Å². The molecule has 0 saturated carbocycles. The van der Waals surface area contributed by atoms with Crippen molar-refractivity contribution in [3.05, 3.63) is 59.9 Å². The molecular weight excluding hydrogens is 375 g/mol. The molecule has 2 aromatic carbocycles. The average molecular weight is 396 g/mol. The Bertz CT molecular complexity index is 1020. The molecule has 1 aromatic heterocycles. The molecule has 29 heavy (non-hydrogen) atoms. The highest BCUT2D eigenvalue weighted by molar-refractivity contribution is 6.01. The Balaban J connectivity index is 1.74. The van der Waals surface area contributed by atoms with E-state index in [0.717, 1.165) is 5.56 Å². The van der Waals surface area contributed by atoms with Gasteiger partial charge in [0.15, 0.2) is 5.82 Å². The van der Waals surface area contributed by atoms with Crippen molar-refractivity contribution >= 4 is 17.5 Å². The third-order valence-electron chi connectivity index (χ3n) is 4.35. The van der Waals surface area contributed by atoms with Crippen LogP contribution in [0.15, 0.2) is 48.5 Å². The van der Waals surface area contributed by atoms with Gasteiger partial charge < -0.3 is 10.6 Å². The predicted molar refractivity (Wildman–Crippen MR) is 105 cm³/mol. The Kier molecular flexibility index (Phi) is 5.96. The maximum atomic E-state index is 13.1. The number of amides is 2. The van der Waals surface area contributed by atoms with Gasteiger partial charge in [-0.2, -0.15) is 0 Å². The summed E-state index contributed by atoms with van der Waals surface area (Å²) in [5.41, 5.74) is 1.57. The Hall–Kier alpha value is -3.62. The van der Waals surface area contributed by atoms with Gasteiger partial charge >= 0.3 is 0 Å². The van der Waals surface area contributed by atoms with Gasteiger partial charge in [-0.3, -0.25) is 9.59 Å². The van der Waals surface area contributed by atoms with Crippen LogP contribution in [0, 0.1) is 11.7 Å². The molecule has 0 aliphatic rings. The molecule has 150 valence electrons. The first-order valence-corrected chi connectivity index (χ1v) is 9.05. The molecule has 3 aromatic rings. The summed E-state index contributed by atoms with van der Waals surface area (Å²) in [6, 6.07) is 11.5. The second-order valence-electron chi connectivity index (χ2n) is 6.90. The standard InChI is InChI=1S/C20H21FN6O2/c1-12(2)17(23-19(28)13-7-9-15(21)10-8-13)20(29)22-16-6-4-5-14(11-16)18-24-25-26-27(18)3/h4-12,17H,1-3H3,(H,22,29)(H,23,28). The average Bonchev–Trinajstić information content (AvgIpc) is 3.12. The molecule has 8 nitrogen and oxygen atoms in total. The molecule has 3 rings (SSSR count). The van der Waals surface area contributed by atoms with Gasteiger partial charge in [0.2, 0.25) is 5.91 Å². The molecule has 9 heteroatoms. The lowest BCUT2D eigenvalue weighted by Crippen LogP contribution is -2.47. The van der Waals surface area contributed by atoms with Crippen LogP contribution in [0.5, 0.6) is 0 Å². The minimum absolute atomic E-state index is 0.162. The molecule has 1 atom stereocenters. The SMILES string of the molecule is CC(C)C(NC(=O)c1ccc(F)cc1)C(=O)Nc1cccc(-c2nnnn2C)c1. The fourth-order valence-electron chi connectivity index (χ4n) is 2.79. The summed E-state index contributed by atoms with van der Waals surface area (Å²) in [5, 5.41) is 16.9. The minimum atomic E-state index is -0.771. The van der Waals surface area contributed by atoms with Gasteiger partial charge in [0.1, 0.15) is 11.9 Å². The number of nitrogens with zero attached hydrogens (tertiary/aromatic N) is 4. The fourth-order valence-corrected chi connectivity index (χ4v) is 2.79. The topological polar surface area (TPSA) is 102 Å². The first-order chi connectivity index (χ1) is 13.8. The van der Waals surface area contributed by atoms with Crippen LogP contribution < -0.4 is 10.6 Å². The van der Waals surface area contributed by atoms with Crippen molar-refractivity contribution in [2.45, 2.75) is 19.9 Å². The summed E-state index contributed by atoms with van der Waals surface area (Å²) in [6.45, 7) is 3.66. The van der Waals surface area contributed by atoms with Gasteiger partial charge in [-0.15, -0.1) is 5.10 Å². The van der Waals surface area contributed by atoms with Crippen LogP contribution >= 0.6 is 0 Å². The van der Waals surface area contributed by atoms with Crippen molar-refractivity contribution in [2.75, 3.05) is 5.32 Å². The van der Waals surface area contributed by atoms with Crippen molar-refractivity contribution in [2.24, 2.45) is 13.0 Å². The maximum Gasteiger partial charge on any atom is 0.251 e. The van der Waals surface area contributed by atoms with Crippen LogP contribution in [0.3, 0.4) is 0 Å². The highest BCUT2D eigenvalue weighted by Crippen LogP contribution is 2.20. The molecule has 2 N–H and O–H groups in total. The zero-order valence-electron chi connectivity index (χ0n) is 16.3. The molecule has 0 spiro atoms. The Labute approximate surface area is 167 Å². The van der Waals surface area contributed by atoms with Crippen LogP contribution in [0.25, 0.3) is 11.4 Å². The number of aryl methyl sites for hydroxylation is 1. The Morgan fingerprint density at radius 3 is 2.45 bits per heavy atom. The molecule has 0 radical (unpaired) electrons. The number of hydrogen-bond donors (Lipinski definition) is 2. The number of carbonyl (C=O) groups excluding carboxylic acids is 2. The van der Waals surface area contributed by atoms with Crippen molar-refractivity contribution in [1.82, 2.24) is 25.5 Å². The van der Waals surface area contributed by atoms with Crippen molar-refractivity contribution in [3.63, 3.8) is 0 Å². The van der Waals surface area contributed by atoms with Crippen molar-refractivity contribution in [3.8, 4) is 11.4 Å². The minimum Gasteiger partial charge on any atom is -0.340 e. The molecule has 0 aliphatic heterocycles. The van der Waals surface area contributed by atoms with E-state index >= 15 is 0 Å². The quantitative estimate of drug-likeness (QED) is 0.666. The normalized spacial score (nSPS) is 11.9. The summed E-state index contributed by atoms with van der Waals surface area (Å²) in [4.78, 5) is 25.2. The van der Waals surface area contributed by atoms with E-state index in [1.807, 2.05) is 19.9 Å². The van der Waals surface area contributed by atoms with E-state index in [9.17, 15) is 14.0 Å². The maximum absolute atomic E-state index is 13.1. The molecular formula is C20H21FN6O2. The van der Waals surface area contributed by atoms with Gasteiger partial charge in [0.05, 0.1) is 0 Å². The third-order valence-corrected chi connectivity index (χ3v) is 4.35. The molecule has 0 aliphatic carbocycles. The van der Waals surface area contributed by atoms with E-state index in [1.165, 1.54) is 28.9 Å². The largest absolute Gasteiger partial charge is 0.340 e. The third kappa shape index (κ3) is 4.81. The second-order valence-corrected chi connectivity index (χ2v) is 6.90. The lowest BCUT2D eigenvalue weighted by atomic mass is 10.0. The van der Waals surface area contributed by atoms with Gasteiger partial charge in [-0.25, -0.2) is 9.07 Å². The lowest BCUT2D eigenvalue weighted by molar-refractivity contribution is -0.118. The van der Waals surface area contributed by atoms with Crippen LogP contribution in [-0.4, -0.2) is 38.1 Å². The Morgan fingerprint density at radius 2 is 1.83 bits per heavy atom. The number of aromatic nitrogens is 4. The van der Waals surface area contributed by atoms with Gasteiger partial charge in [0, 0.05) is 23.9 Å². The predicted octanol–water partition coefficient (Wildman–Crippen LogP) is 2.41. The summed E-state index contributed by atoms with van der Waals surface area (Å²) in [6.07, 6.45) is 0. The summed E-state index contributed by atoms with van der Waals surface area (Å²) < 4.78 is 14.6. The molecule has 0 saturated heterocycles. The van der Waals surface area contributed by atoms with E-state index in [4.69, 9.17) is 0 Å². The van der Waals surface area contributed by atoms with Gasteiger partial charge in [-0.1, -0.05) is 26.0 Å². The molecule has 2 amide bonds. The smallest absolute Gasteiger partial charge is 0.251 e. The number of carbonyl (C=O) groups is 2. The lowest BCUT2D eigenvalue weighted by Gasteiger charge is -2.22. The fraction of sp³-hybridized carbons (Fsp3) is 0.250. The summed E-state index contributed by atoms with van der Waals surface area (Å²) >= 11 is 0. The molecule has 0 bridgehead atoms. The van der Waals surface area contributed by atoms with Crippen LogP contribution in [-0.2, 0) is 11.8 Å². The molecule has 1 unspecified atom stereocenters. The number of hydrogen-bond acceptors (Lipinski definition) is 5. The van der Waals surface area contributed by atoms with E-state index in [-0.39, 0.29) is 17.4 Å². The van der Waals surface area contributed by atoms with E-state index in [2.05, 4.69) is 26.2 Å². The molecule has 0 fully saturated rings. The number of benzene rings is 2. The van der Waals surface area contributed by atoms with E-state index in [1.54, 1.807) is 25.2 Å². The van der Waals surface area contributed by atoms with Gasteiger partial charge in [-0.05, 0) is 52.7 Å². The van der Waals surface area contributed by atoms with Gasteiger partial charge in [0.25, 0.3) is 5.91 Å². The highest BCUT2D eigenvalue weighted by atomic mass is 19.1. The molecule has 1 heterocycles. The Morgan fingerprint density at radius 1 is 1.10 bits per heavy atom. The highest BCUT2D eigenvalue weighted by Gasteiger charge is 2.25. The second kappa shape index (κ2) is 8.59. The summed E-state index contributed by atoms with van der Waals surface area (Å²) in [5.74, 6) is -0.837. The first-order valence-electron chi connectivity index (χ1n) is 9.05. The zero-order chi connectivity index (χ0) is 21.0. The first kappa shape index (κ1) is 20.1. The van der Waals surface area contributed by atoms with Crippen molar-refractivity contribution < 1.29 is 14.0 Å². The number of tetrazole rings is 1. The number of rotatable bonds is 6. The summed E-state index contributed by atoms with van der Waals surface area (Å²) in [7, 11) is 1.72. The van der Waals surface area contributed by atoms with E-state index < -0.39 is 17.8 Å². The van der Waals surface area contributed by atoms with Crippen LogP contribution in [0.1, 0.15) is 24.2 Å².